The van der Waals surface area contributed by atoms with Gasteiger partial charge >= 0.3 is 8.25 Å². The standard InChI is InChI=1S/C13H19N2O7PS/c1-13(2)21-9-6(3-19-23(17)18)20-8(10(9)22-13)5-4-24-11(7(5)14)12(15)16/h4,6,8-10,23H,3,14H2,1-2H3,(H2,15,16)(H,17,18). The number of fused-ring (bicyclic) bond motifs is 1. The summed E-state index contributed by atoms with van der Waals surface area (Å²) in [4.78, 5) is 20.5. The Balaban J connectivity index is 1.88. The zero-order chi connectivity index (χ0) is 17.6. The van der Waals surface area contributed by atoms with Crippen LogP contribution in [-0.4, -0.2) is 41.5 Å². The van der Waals surface area contributed by atoms with Gasteiger partial charge in [0.05, 0.1) is 12.3 Å². The van der Waals surface area contributed by atoms with Crippen molar-refractivity contribution in [3.63, 3.8) is 0 Å². The van der Waals surface area contributed by atoms with Crippen molar-refractivity contribution in [3.05, 3.63) is 15.8 Å². The van der Waals surface area contributed by atoms with Crippen molar-refractivity contribution in [1.82, 2.24) is 0 Å². The maximum Gasteiger partial charge on any atom is 0.316 e. The second-order valence-corrected chi connectivity index (χ2v) is 7.74. The van der Waals surface area contributed by atoms with Crippen LogP contribution < -0.4 is 11.5 Å². The van der Waals surface area contributed by atoms with Crippen molar-refractivity contribution in [3.8, 4) is 0 Å². The average molecular weight is 378 g/mol. The lowest BCUT2D eigenvalue weighted by atomic mass is 10.0. The summed E-state index contributed by atoms with van der Waals surface area (Å²) < 4.78 is 33.3. The molecule has 0 aliphatic carbocycles. The molecule has 2 saturated heterocycles. The van der Waals surface area contributed by atoms with Crippen molar-refractivity contribution in [1.29, 1.82) is 0 Å². The highest BCUT2D eigenvalue weighted by atomic mass is 32.1. The number of carbonyl (C=O) groups excluding carboxylic acids is 1. The Morgan fingerprint density at radius 3 is 2.71 bits per heavy atom. The molecule has 11 heteroatoms. The lowest BCUT2D eigenvalue weighted by Crippen LogP contribution is -2.32. The van der Waals surface area contributed by atoms with E-state index in [4.69, 9.17) is 35.1 Å². The van der Waals surface area contributed by atoms with Gasteiger partial charge in [-0.05, 0) is 19.2 Å². The van der Waals surface area contributed by atoms with E-state index in [9.17, 15) is 9.36 Å². The molecule has 3 heterocycles. The molecule has 2 fully saturated rings. The Hall–Kier alpha value is -1.00. The Bertz CT molecular complexity index is 679. The van der Waals surface area contributed by atoms with E-state index in [0.717, 1.165) is 11.3 Å². The summed E-state index contributed by atoms with van der Waals surface area (Å²) in [6.45, 7) is 3.42. The monoisotopic (exact) mass is 378 g/mol. The molecule has 0 radical (unpaired) electrons. The van der Waals surface area contributed by atoms with Crippen LogP contribution in [0.5, 0.6) is 0 Å². The van der Waals surface area contributed by atoms with Gasteiger partial charge in [0.2, 0.25) is 0 Å². The quantitative estimate of drug-likeness (QED) is 0.638. The van der Waals surface area contributed by atoms with E-state index in [1.807, 2.05) is 0 Å². The third-order valence-electron chi connectivity index (χ3n) is 3.91. The van der Waals surface area contributed by atoms with Gasteiger partial charge in [-0.2, -0.15) is 0 Å². The topological polar surface area (TPSA) is 143 Å². The van der Waals surface area contributed by atoms with Crippen LogP contribution in [-0.2, 0) is 23.3 Å². The molecule has 1 aromatic heterocycles. The van der Waals surface area contributed by atoms with Crippen LogP contribution >= 0.6 is 19.6 Å². The molecule has 2 aliphatic rings. The first-order valence-corrected chi connectivity index (χ1v) is 9.37. The maximum atomic E-state index is 11.4. The number of thiophene rings is 1. The molecule has 1 amide bonds. The Kier molecular flexibility index (Phi) is 4.73. The number of anilines is 1. The molecule has 2 aliphatic heterocycles. The zero-order valence-corrected chi connectivity index (χ0v) is 14.9. The molecule has 3 rings (SSSR count). The predicted molar refractivity (Wildman–Crippen MR) is 85.9 cm³/mol. The van der Waals surface area contributed by atoms with Crippen molar-refractivity contribution >= 4 is 31.2 Å². The highest BCUT2D eigenvalue weighted by Gasteiger charge is 2.56. The minimum atomic E-state index is -3.08. The van der Waals surface area contributed by atoms with E-state index in [-0.39, 0.29) is 17.2 Å². The summed E-state index contributed by atoms with van der Waals surface area (Å²) in [5.41, 5.74) is 12.2. The number of rotatable bonds is 5. The van der Waals surface area contributed by atoms with Crippen LogP contribution in [0.15, 0.2) is 5.38 Å². The number of hydrogen-bond donors (Lipinski definition) is 3. The Morgan fingerprint density at radius 2 is 2.12 bits per heavy atom. The van der Waals surface area contributed by atoms with Crippen LogP contribution in [0.3, 0.4) is 0 Å². The molecule has 1 aromatic rings. The smallest absolute Gasteiger partial charge is 0.316 e. The van der Waals surface area contributed by atoms with E-state index in [1.54, 1.807) is 19.2 Å². The molecule has 0 spiro atoms. The fourth-order valence-electron chi connectivity index (χ4n) is 3.01. The summed E-state index contributed by atoms with van der Waals surface area (Å²) in [5, 5.41) is 1.70. The van der Waals surface area contributed by atoms with Crippen molar-refractivity contribution < 1.29 is 33.0 Å². The number of nitrogens with two attached hydrogens (primary N) is 2. The van der Waals surface area contributed by atoms with Gasteiger partial charge in [-0.1, -0.05) is 0 Å². The first-order chi connectivity index (χ1) is 11.2. The normalized spacial score (nSPS) is 32.6. The summed E-state index contributed by atoms with van der Waals surface area (Å²) in [5.74, 6) is -1.45. The SMILES string of the molecule is CC1(C)OC2C(CO[PH](=O)O)OC(c3csc(C(N)=O)c3N)C2O1. The largest absolute Gasteiger partial charge is 0.397 e. The Morgan fingerprint density at radius 1 is 1.46 bits per heavy atom. The first kappa shape index (κ1) is 17.8. The third kappa shape index (κ3) is 3.23. The number of hydrogen-bond acceptors (Lipinski definition) is 8. The molecule has 134 valence electrons. The lowest BCUT2D eigenvalue weighted by molar-refractivity contribution is -0.190. The molecule has 0 saturated carbocycles. The van der Waals surface area contributed by atoms with Crippen LogP contribution in [0.25, 0.3) is 0 Å². The third-order valence-corrected chi connectivity index (χ3v) is 5.35. The fourth-order valence-corrected chi connectivity index (χ4v) is 4.19. The van der Waals surface area contributed by atoms with Crippen LogP contribution in [0.4, 0.5) is 5.69 Å². The molecular weight excluding hydrogens is 359 g/mol. The Labute approximate surface area is 142 Å². The molecule has 5 N–H and O–H groups in total. The molecular formula is C13H19N2O7PS. The summed E-state index contributed by atoms with van der Waals surface area (Å²) >= 11 is 1.13. The van der Waals surface area contributed by atoms with E-state index >= 15 is 0 Å². The van der Waals surface area contributed by atoms with E-state index in [1.165, 1.54) is 0 Å². The van der Waals surface area contributed by atoms with Gasteiger partial charge in [0.1, 0.15) is 29.3 Å². The van der Waals surface area contributed by atoms with Crippen molar-refractivity contribution in [2.75, 3.05) is 12.3 Å². The molecule has 5 unspecified atom stereocenters. The van der Waals surface area contributed by atoms with Gasteiger partial charge in [-0.3, -0.25) is 9.36 Å². The minimum Gasteiger partial charge on any atom is -0.397 e. The zero-order valence-electron chi connectivity index (χ0n) is 13.1. The van der Waals surface area contributed by atoms with Crippen LogP contribution in [0, 0.1) is 0 Å². The summed E-state index contributed by atoms with van der Waals surface area (Å²) in [6, 6.07) is 0. The second kappa shape index (κ2) is 6.38. The number of amides is 1. The molecule has 0 aromatic carbocycles. The van der Waals surface area contributed by atoms with Gasteiger partial charge in [-0.25, -0.2) is 0 Å². The second-order valence-electron chi connectivity index (χ2n) is 6.03. The summed E-state index contributed by atoms with van der Waals surface area (Å²) in [6.07, 6.45) is -2.15. The number of carbonyl (C=O) groups is 1. The average Bonchev–Trinajstić information content (AvgIpc) is 3.07. The van der Waals surface area contributed by atoms with E-state index in [2.05, 4.69) is 0 Å². The number of nitrogen functional groups attached to an aromatic ring is 1. The molecule has 9 nitrogen and oxygen atoms in total. The number of ether oxygens (including phenoxy) is 3. The van der Waals surface area contributed by atoms with E-state index in [0.29, 0.717) is 5.56 Å². The van der Waals surface area contributed by atoms with Crippen molar-refractivity contribution in [2.24, 2.45) is 5.73 Å². The van der Waals surface area contributed by atoms with Crippen LogP contribution in [0.2, 0.25) is 0 Å². The highest BCUT2D eigenvalue weighted by molar-refractivity contribution is 7.32. The van der Waals surface area contributed by atoms with Gasteiger partial charge < -0.3 is 35.1 Å². The summed E-state index contributed by atoms with van der Waals surface area (Å²) in [7, 11) is -3.08. The first-order valence-electron chi connectivity index (χ1n) is 7.23. The van der Waals surface area contributed by atoms with Crippen molar-refractivity contribution in [2.45, 2.75) is 44.1 Å². The maximum absolute atomic E-state index is 11.4. The van der Waals surface area contributed by atoms with Gasteiger partial charge in [-0.15, -0.1) is 11.3 Å². The molecule has 24 heavy (non-hydrogen) atoms. The minimum absolute atomic E-state index is 0.113. The molecule has 5 atom stereocenters. The highest BCUT2D eigenvalue weighted by Crippen LogP contribution is 2.48. The molecule has 0 bridgehead atoms. The number of primary amides is 1. The van der Waals surface area contributed by atoms with E-state index < -0.39 is 44.4 Å². The lowest BCUT2D eigenvalue weighted by Gasteiger charge is -2.24. The fraction of sp³-hybridized carbons (Fsp3) is 0.615. The predicted octanol–water partition coefficient (Wildman–Crippen LogP) is 0.788. The van der Waals surface area contributed by atoms with Gasteiger partial charge in [0, 0.05) is 5.56 Å². The van der Waals surface area contributed by atoms with Gasteiger partial charge in [0.15, 0.2) is 5.79 Å². The van der Waals surface area contributed by atoms with Gasteiger partial charge in [0.25, 0.3) is 5.91 Å². The van der Waals surface area contributed by atoms with Crippen LogP contribution in [0.1, 0.15) is 35.2 Å².